The molecule has 0 saturated heterocycles. The molecule has 0 aliphatic rings. The predicted octanol–water partition coefficient (Wildman–Crippen LogP) is 2.98. The zero-order chi connectivity index (χ0) is 18.6. The second kappa shape index (κ2) is 7.57. The molecule has 134 valence electrons. The Hall–Kier alpha value is -2.54. The first kappa shape index (κ1) is 18.8. The molecule has 2 rings (SSSR count). The molecule has 0 atom stereocenters. The topological polar surface area (TPSA) is 83.9 Å². The van der Waals surface area contributed by atoms with Crippen LogP contribution in [0, 0.1) is 13.8 Å². The van der Waals surface area contributed by atoms with E-state index in [1.54, 1.807) is 24.3 Å². The lowest BCUT2D eigenvalue weighted by Gasteiger charge is -2.23. The first-order chi connectivity index (χ1) is 11.7. The molecule has 1 N–H and O–H groups in total. The minimum absolute atomic E-state index is 0.0105. The summed E-state index contributed by atoms with van der Waals surface area (Å²) in [6.07, 6.45) is 0. The minimum Gasteiger partial charge on any atom is -0.494 e. The first-order valence-electron chi connectivity index (χ1n) is 7.79. The number of aliphatic carboxylic acids is 1. The largest absolute Gasteiger partial charge is 0.494 e. The number of sulfonamides is 1. The van der Waals surface area contributed by atoms with Gasteiger partial charge in [0.2, 0.25) is 0 Å². The van der Waals surface area contributed by atoms with Gasteiger partial charge in [-0.15, -0.1) is 0 Å². The van der Waals surface area contributed by atoms with Crippen LogP contribution in [0.3, 0.4) is 0 Å². The maximum absolute atomic E-state index is 13.0. The number of carboxylic acid groups (broad SMARTS) is 1. The number of carbonyl (C=O) groups is 1. The van der Waals surface area contributed by atoms with Gasteiger partial charge in [-0.2, -0.15) is 0 Å². The molecule has 0 saturated carbocycles. The van der Waals surface area contributed by atoms with E-state index in [0.29, 0.717) is 18.0 Å². The molecule has 0 bridgehead atoms. The Balaban J connectivity index is 2.49. The molecule has 25 heavy (non-hydrogen) atoms. The van der Waals surface area contributed by atoms with E-state index in [1.165, 1.54) is 12.1 Å². The second-order valence-corrected chi connectivity index (χ2v) is 7.52. The number of nitrogens with zero attached hydrogens (tertiary/aromatic N) is 1. The normalized spacial score (nSPS) is 11.2. The van der Waals surface area contributed by atoms with Crippen LogP contribution in [0.2, 0.25) is 0 Å². The second-order valence-electron chi connectivity index (χ2n) is 5.66. The Morgan fingerprint density at radius 1 is 1.08 bits per heavy atom. The molecule has 0 radical (unpaired) electrons. The van der Waals surface area contributed by atoms with Gasteiger partial charge in [0, 0.05) is 0 Å². The summed E-state index contributed by atoms with van der Waals surface area (Å²) < 4.78 is 32.2. The zero-order valence-electron chi connectivity index (χ0n) is 14.4. The number of aryl methyl sites for hydroxylation is 2. The van der Waals surface area contributed by atoms with Gasteiger partial charge < -0.3 is 9.84 Å². The summed E-state index contributed by atoms with van der Waals surface area (Å²) in [4.78, 5) is 11.3. The lowest BCUT2D eigenvalue weighted by molar-refractivity contribution is -0.135. The lowest BCUT2D eigenvalue weighted by atomic mass is 10.1. The van der Waals surface area contributed by atoms with Gasteiger partial charge in [-0.3, -0.25) is 9.10 Å². The summed E-state index contributed by atoms with van der Waals surface area (Å²) in [5.41, 5.74) is 2.04. The molecule has 0 amide bonds. The van der Waals surface area contributed by atoms with Gasteiger partial charge in [0.1, 0.15) is 12.3 Å². The van der Waals surface area contributed by atoms with Crippen LogP contribution >= 0.6 is 0 Å². The highest BCUT2D eigenvalue weighted by Crippen LogP contribution is 2.26. The number of benzene rings is 2. The maximum atomic E-state index is 13.0. The van der Waals surface area contributed by atoms with Crippen molar-refractivity contribution in [3.05, 3.63) is 53.6 Å². The molecule has 0 aliphatic heterocycles. The Morgan fingerprint density at radius 3 is 2.12 bits per heavy atom. The molecule has 0 heterocycles. The van der Waals surface area contributed by atoms with Crippen LogP contribution in [0.4, 0.5) is 5.69 Å². The van der Waals surface area contributed by atoms with Crippen molar-refractivity contribution in [1.82, 2.24) is 0 Å². The van der Waals surface area contributed by atoms with Crippen molar-refractivity contribution in [3.63, 3.8) is 0 Å². The Bertz CT molecular complexity index is 839. The third kappa shape index (κ3) is 4.51. The van der Waals surface area contributed by atoms with Gasteiger partial charge >= 0.3 is 5.97 Å². The minimum atomic E-state index is -4.02. The fourth-order valence-electron chi connectivity index (χ4n) is 2.53. The molecule has 0 aliphatic carbocycles. The van der Waals surface area contributed by atoms with E-state index in [-0.39, 0.29) is 4.90 Å². The Kier molecular flexibility index (Phi) is 5.69. The molecule has 0 unspecified atom stereocenters. The number of hydrogen-bond donors (Lipinski definition) is 1. The van der Waals surface area contributed by atoms with E-state index in [0.717, 1.165) is 15.4 Å². The van der Waals surface area contributed by atoms with Gasteiger partial charge in [0.05, 0.1) is 17.2 Å². The molecule has 2 aromatic rings. The zero-order valence-corrected chi connectivity index (χ0v) is 15.2. The molecular formula is C18H21NO5S. The van der Waals surface area contributed by atoms with Crippen LogP contribution in [0.1, 0.15) is 18.1 Å². The van der Waals surface area contributed by atoms with Gasteiger partial charge in [0.25, 0.3) is 10.0 Å². The van der Waals surface area contributed by atoms with Crippen molar-refractivity contribution in [3.8, 4) is 5.75 Å². The number of ether oxygens (including phenoxy) is 1. The summed E-state index contributed by atoms with van der Waals surface area (Å²) in [6, 6.07) is 11.1. The molecule has 2 aromatic carbocycles. The summed E-state index contributed by atoms with van der Waals surface area (Å²) in [6.45, 7) is 5.31. The summed E-state index contributed by atoms with van der Waals surface area (Å²) >= 11 is 0. The molecule has 7 heteroatoms. The van der Waals surface area contributed by atoms with Crippen molar-refractivity contribution in [2.45, 2.75) is 25.7 Å². The monoisotopic (exact) mass is 363 g/mol. The highest BCUT2D eigenvalue weighted by Gasteiger charge is 2.27. The van der Waals surface area contributed by atoms with E-state index >= 15 is 0 Å². The van der Waals surface area contributed by atoms with Crippen LogP contribution in [-0.4, -0.2) is 32.6 Å². The first-order valence-corrected chi connectivity index (χ1v) is 9.23. The third-order valence-corrected chi connectivity index (χ3v) is 5.28. The number of hydrogen-bond acceptors (Lipinski definition) is 4. The summed E-state index contributed by atoms with van der Waals surface area (Å²) in [7, 11) is -4.02. The van der Waals surface area contributed by atoms with Gasteiger partial charge in [-0.1, -0.05) is 6.07 Å². The maximum Gasteiger partial charge on any atom is 0.324 e. The van der Waals surface area contributed by atoms with Gasteiger partial charge in [-0.05, 0) is 68.3 Å². The van der Waals surface area contributed by atoms with Crippen LogP contribution in [0.15, 0.2) is 47.4 Å². The van der Waals surface area contributed by atoms with Gasteiger partial charge in [-0.25, -0.2) is 8.42 Å². The fourth-order valence-corrected chi connectivity index (χ4v) is 3.93. The predicted molar refractivity (Wildman–Crippen MR) is 95.7 cm³/mol. The fraction of sp³-hybridized carbons (Fsp3) is 0.278. The van der Waals surface area contributed by atoms with Crippen molar-refractivity contribution < 1.29 is 23.1 Å². The summed E-state index contributed by atoms with van der Waals surface area (Å²) in [5, 5.41) is 9.18. The highest BCUT2D eigenvalue weighted by atomic mass is 32.2. The average molecular weight is 363 g/mol. The lowest BCUT2D eigenvalue weighted by Crippen LogP contribution is -2.35. The van der Waals surface area contributed by atoms with Crippen molar-refractivity contribution in [2.75, 3.05) is 17.5 Å². The van der Waals surface area contributed by atoms with E-state index in [1.807, 2.05) is 26.8 Å². The third-order valence-electron chi connectivity index (χ3n) is 3.50. The number of rotatable bonds is 7. The Labute approximate surface area is 147 Å². The molecule has 0 aromatic heterocycles. The SMILES string of the molecule is CCOc1ccc(S(=O)(=O)N(CC(=O)O)c2cc(C)cc(C)c2)cc1. The molecule has 6 nitrogen and oxygen atoms in total. The summed E-state index contributed by atoms with van der Waals surface area (Å²) in [5.74, 6) is -0.675. The van der Waals surface area contributed by atoms with E-state index in [2.05, 4.69) is 0 Å². The van der Waals surface area contributed by atoms with Gasteiger partial charge in [0.15, 0.2) is 0 Å². The van der Waals surface area contributed by atoms with Crippen LogP contribution in [0.25, 0.3) is 0 Å². The van der Waals surface area contributed by atoms with E-state index < -0.39 is 22.5 Å². The highest BCUT2D eigenvalue weighted by molar-refractivity contribution is 7.92. The number of carboxylic acids is 1. The quantitative estimate of drug-likeness (QED) is 0.817. The molecular weight excluding hydrogens is 342 g/mol. The van der Waals surface area contributed by atoms with Crippen molar-refractivity contribution in [2.24, 2.45) is 0 Å². The van der Waals surface area contributed by atoms with E-state index in [4.69, 9.17) is 4.74 Å². The average Bonchev–Trinajstić information content (AvgIpc) is 2.52. The van der Waals surface area contributed by atoms with E-state index in [9.17, 15) is 18.3 Å². The van der Waals surface area contributed by atoms with Crippen molar-refractivity contribution in [1.29, 1.82) is 0 Å². The van der Waals surface area contributed by atoms with Crippen LogP contribution in [-0.2, 0) is 14.8 Å². The number of anilines is 1. The molecule has 0 fully saturated rings. The molecule has 0 spiro atoms. The van der Waals surface area contributed by atoms with Crippen molar-refractivity contribution >= 4 is 21.7 Å². The Morgan fingerprint density at radius 2 is 1.64 bits per heavy atom. The standard InChI is InChI=1S/C18H21NO5S/c1-4-24-16-5-7-17(8-6-16)25(22,23)19(12-18(20)21)15-10-13(2)9-14(3)11-15/h5-11H,4,12H2,1-3H3,(H,20,21). The van der Waals surface area contributed by atoms with Crippen LogP contribution < -0.4 is 9.04 Å². The van der Waals surface area contributed by atoms with Crippen LogP contribution in [0.5, 0.6) is 5.75 Å². The smallest absolute Gasteiger partial charge is 0.324 e.